The number of aliphatic hydroxyl groups is 1. The van der Waals surface area contributed by atoms with E-state index in [1.54, 1.807) is 48.5 Å². The van der Waals surface area contributed by atoms with Gasteiger partial charge in [0.15, 0.2) is 5.71 Å². The number of carbonyl (C=O) groups excluding carboxylic acids is 2. The molecule has 1 amide bonds. The van der Waals surface area contributed by atoms with Crippen LogP contribution in [-0.4, -0.2) is 22.5 Å². The van der Waals surface area contributed by atoms with Crippen LogP contribution >= 0.6 is 23.2 Å². The summed E-state index contributed by atoms with van der Waals surface area (Å²) in [7, 11) is 0. The van der Waals surface area contributed by atoms with Gasteiger partial charge in [0, 0.05) is 5.69 Å². The molecule has 0 bridgehead atoms. The first-order chi connectivity index (χ1) is 15.5. The van der Waals surface area contributed by atoms with Gasteiger partial charge in [-0.15, -0.1) is 0 Å². The van der Waals surface area contributed by atoms with Crippen molar-refractivity contribution in [1.82, 2.24) is 0 Å². The molecule has 4 rings (SSSR count). The highest BCUT2D eigenvalue weighted by atomic mass is 35.5. The van der Waals surface area contributed by atoms with Gasteiger partial charge in [0.2, 0.25) is 0 Å². The number of anilines is 2. The largest absolute Gasteiger partial charge is 0.506 e. The number of allylic oxidation sites excluding steroid dienone is 1. The molecule has 160 valence electrons. The Morgan fingerprint density at radius 1 is 0.906 bits per heavy atom. The minimum absolute atomic E-state index is 0.231. The monoisotopic (exact) mass is 465 g/mol. The Hall–Kier alpha value is -3.61. The fourth-order valence-electron chi connectivity index (χ4n) is 3.26. The van der Waals surface area contributed by atoms with Gasteiger partial charge in [0.05, 0.1) is 21.8 Å². The van der Waals surface area contributed by atoms with E-state index in [2.05, 4.69) is 10.4 Å². The molecule has 0 aliphatic carbocycles. The fourth-order valence-corrected chi connectivity index (χ4v) is 3.64. The summed E-state index contributed by atoms with van der Waals surface area (Å²) in [6.45, 7) is 0. The second kappa shape index (κ2) is 9.26. The number of hydrazone groups is 1. The van der Waals surface area contributed by atoms with Crippen molar-refractivity contribution in [1.29, 1.82) is 0 Å². The van der Waals surface area contributed by atoms with Gasteiger partial charge in [0.25, 0.3) is 11.7 Å². The Morgan fingerprint density at radius 2 is 1.56 bits per heavy atom. The minimum Gasteiger partial charge on any atom is -0.506 e. The first-order valence-corrected chi connectivity index (χ1v) is 10.4. The molecule has 0 saturated carbocycles. The molecule has 3 aromatic carbocycles. The number of nitrogens with one attached hydrogen (secondary N) is 1. The molecule has 1 aliphatic heterocycles. The van der Waals surface area contributed by atoms with Crippen molar-refractivity contribution in [3.05, 3.63) is 106 Å². The maximum absolute atomic E-state index is 12.9. The number of amides is 1. The van der Waals surface area contributed by atoms with Gasteiger partial charge in [-0.2, -0.15) is 5.10 Å². The van der Waals surface area contributed by atoms with Crippen LogP contribution in [0.25, 0.3) is 0 Å². The van der Waals surface area contributed by atoms with Crippen molar-refractivity contribution in [2.45, 2.75) is 6.04 Å². The van der Waals surface area contributed by atoms with Gasteiger partial charge in [0.1, 0.15) is 5.76 Å². The lowest BCUT2D eigenvalue weighted by molar-refractivity contribution is -0.130. The number of nitrogens with zero attached hydrogens (tertiary/aromatic N) is 2. The van der Waals surface area contributed by atoms with Crippen molar-refractivity contribution in [2.75, 3.05) is 10.3 Å². The molecule has 32 heavy (non-hydrogen) atoms. The Bertz CT molecular complexity index is 1230. The van der Waals surface area contributed by atoms with Crippen LogP contribution in [0.4, 0.5) is 11.4 Å². The van der Waals surface area contributed by atoms with Crippen LogP contribution in [0, 0.1) is 0 Å². The Kier molecular flexibility index (Phi) is 6.25. The number of Topliss-reactive ketones (excluding diaryl/α,β-unsaturated/α-hetero) is 1. The lowest BCUT2D eigenvalue weighted by atomic mass is 10.0. The van der Waals surface area contributed by atoms with Gasteiger partial charge >= 0.3 is 0 Å². The molecule has 2 N–H and O–H groups in total. The molecule has 8 heteroatoms. The number of halogens is 2. The van der Waals surface area contributed by atoms with Gasteiger partial charge in [-0.1, -0.05) is 77.8 Å². The van der Waals surface area contributed by atoms with E-state index in [4.69, 9.17) is 23.2 Å². The average Bonchev–Trinajstić information content (AvgIpc) is 2.81. The zero-order valence-electron chi connectivity index (χ0n) is 16.6. The third-order valence-corrected chi connectivity index (χ3v) is 5.61. The Labute approximate surface area is 194 Å². The number of ketones is 1. The van der Waals surface area contributed by atoms with Crippen molar-refractivity contribution in [3.63, 3.8) is 0 Å². The molecule has 0 spiro atoms. The van der Waals surface area contributed by atoms with E-state index in [9.17, 15) is 14.7 Å². The number of aliphatic hydroxyl groups excluding tert-OH is 1. The SMILES string of the molecule is O=C(Nc1ccccc1)C(=O)C1=NN(c2cccc(Cl)c2Cl)C(c2ccccc2)C=C1O. The van der Waals surface area contributed by atoms with Crippen molar-refractivity contribution >= 4 is 52.0 Å². The van der Waals surface area contributed by atoms with Crippen molar-refractivity contribution < 1.29 is 14.7 Å². The maximum atomic E-state index is 12.9. The highest BCUT2D eigenvalue weighted by Gasteiger charge is 2.33. The van der Waals surface area contributed by atoms with Crippen LogP contribution in [-0.2, 0) is 9.59 Å². The third kappa shape index (κ3) is 4.37. The van der Waals surface area contributed by atoms with E-state index in [1.807, 2.05) is 30.3 Å². The first kappa shape index (κ1) is 21.6. The second-order valence-electron chi connectivity index (χ2n) is 6.92. The molecule has 1 atom stereocenters. The average molecular weight is 466 g/mol. The molecule has 1 aliphatic rings. The van der Waals surface area contributed by atoms with Gasteiger partial charge in [-0.05, 0) is 35.9 Å². The zero-order valence-corrected chi connectivity index (χ0v) is 18.1. The number of para-hydroxylation sites is 1. The summed E-state index contributed by atoms with van der Waals surface area (Å²) in [6, 6.07) is 22.2. The van der Waals surface area contributed by atoms with Crippen LogP contribution in [0.1, 0.15) is 11.6 Å². The van der Waals surface area contributed by atoms with E-state index in [0.29, 0.717) is 16.4 Å². The van der Waals surface area contributed by atoms with Crippen LogP contribution in [0.15, 0.2) is 95.8 Å². The number of benzene rings is 3. The minimum atomic E-state index is -0.989. The summed E-state index contributed by atoms with van der Waals surface area (Å²) in [5, 5.41) is 19.5. The predicted octanol–water partition coefficient (Wildman–Crippen LogP) is 5.56. The predicted molar refractivity (Wildman–Crippen MR) is 126 cm³/mol. The third-order valence-electron chi connectivity index (χ3n) is 4.80. The summed E-state index contributed by atoms with van der Waals surface area (Å²) in [5.41, 5.74) is 1.26. The Morgan fingerprint density at radius 3 is 2.25 bits per heavy atom. The number of hydrogen-bond donors (Lipinski definition) is 2. The van der Waals surface area contributed by atoms with Crippen LogP contribution in [0.5, 0.6) is 0 Å². The van der Waals surface area contributed by atoms with Gasteiger partial charge in [-0.3, -0.25) is 14.6 Å². The lowest BCUT2D eigenvalue weighted by Crippen LogP contribution is -2.37. The molecule has 3 aromatic rings. The van der Waals surface area contributed by atoms with E-state index < -0.39 is 29.2 Å². The normalized spacial score (nSPS) is 15.6. The lowest BCUT2D eigenvalue weighted by Gasteiger charge is -2.32. The standard InChI is InChI=1S/C24H17Cl2N3O3/c25-17-12-7-13-18(21(17)26)29-19(15-8-3-1-4-9-15)14-20(30)22(28-29)23(31)24(32)27-16-10-5-2-6-11-16/h1-14,19,30H,(H,27,32). The Balaban J connectivity index is 1.74. The molecule has 0 radical (unpaired) electrons. The molecular formula is C24H17Cl2N3O3. The molecule has 6 nitrogen and oxygen atoms in total. The highest BCUT2D eigenvalue weighted by molar-refractivity contribution is 6.69. The number of rotatable bonds is 5. The molecule has 0 saturated heterocycles. The van der Waals surface area contributed by atoms with Crippen molar-refractivity contribution in [3.8, 4) is 0 Å². The summed E-state index contributed by atoms with van der Waals surface area (Å²) >= 11 is 12.6. The molecule has 1 unspecified atom stereocenters. The van der Waals surface area contributed by atoms with Crippen molar-refractivity contribution in [2.24, 2.45) is 5.10 Å². The number of carbonyl (C=O) groups is 2. The summed E-state index contributed by atoms with van der Waals surface area (Å²) in [6.07, 6.45) is 1.45. The smallest absolute Gasteiger partial charge is 0.298 e. The van der Waals surface area contributed by atoms with Gasteiger partial charge < -0.3 is 10.4 Å². The van der Waals surface area contributed by atoms with E-state index in [0.717, 1.165) is 5.56 Å². The zero-order chi connectivity index (χ0) is 22.7. The summed E-state index contributed by atoms with van der Waals surface area (Å²) in [4.78, 5) is 25.4. The van der Waals surface area contributed by atoms with E-state index in [-0.39, 0.29) is 5.02 Å². The van der Waals surface area contributed by atoms with Crippen LogP contribution < -0.4 is 10.3 Å². The van der Waals surface area contributed by atoms with Crippen LogP contribution in [0.2, 0.25) is 10.0 Å². The summed E-state index contributed by atoms with van der Waals surface area (Å²) < 4.78 is 0. The first-order valence-electron chi connectivity index (χ1n) is 9.64. The molecule has 0 aromatic heterocycles. The second-order valence-corrected chi connectivity index (χ2v) is 7.71. The highest BCUT2D eigenvalue weighted by Crippen LogP contribution is 2.39. The van der Waals surface area contributed by atoms with E-state index >= 15 is 0 Å². The summed E-state index contributed by atoms with van der Waals surface area (Å²) in [5.74, 6) is -2.32. The fraction of sp³-hybridized carbons (Fsp3) is 0.0417. The van der Waals surface area contributed by atoms with Crippen LogP contribution in [0.3, 0.4) is 0 Å². The molecular weight excluding hydrogens is 449 g/mol. The maximum Gasteiger partial charge on any atom is 0.298 e. The molecule has 1 heterocycles. The topological polar surface area (TPSA) is 82.0 Å². The number of hydrogen-bond acceptors (Lipinski definition) is 5. The van der Waals surface area contributed by atoms with E-state index in [1.165, 1.54) is 11.1 Å². The molecule has 0 fully saturated rings. The van der Waals surface area contributed by atoms with Gasteiger partial charge in [-0.25, -0.2) is 0 Å². The quantitative estimate of drug-likeness (QED) is 0.483.